The average molecular weight is 194 g/mol. The van der Waals surface area contributed by atoms with Crippen LogP contribution in [0.4, 0.5) is 0 Å². The summed E-state index contributed by atoms with van der Waals surface area (Å²) >= 11 is 0. The second-order valence-electron chi connectivity index (χ2n) is 3.76. The largest absolute Gasteiger partial charge is 0.334 e. The predicted molar refractivity (Wildman–Crippen MR) is 56.3 cm³/mol. The van der Waals surface area contributed by atoms with Crippen LogP contribution in [0.25, 0.3) is 0 Å². The Morgan fingerprint density at radius 1 is 1.36 bits per heavy atom. The number of piperazine rings is 1. The molecule has 0 saturated carbocycles. The Kier molecular flexibility index (Phi) is 3.16. The van der Waals surface area contributed by atoms with Gasteiger partial charge < -0.3 is 9.88 Å². The topological polar surface area (TPSA) is 33.1 Å². The van der Waals surface area contributed by atoms with E-state index < -0.39 is 0 Å². The Balaban J connectivity index is 1.79. The molecule has 0 spiro atoms. The molecule has 1 aromatic rings. The summed E-state index contributed by atoms with van der Waals surface area (Å²) < 4.78 is 2.21. The second-order valence-corrected chi connectivity index (χ2v) is 3.76. The molecule has 0 bridgehead atoms. The molecule has 14 heavy (non-hydrogen) atoms. The molecule has 1 N–H and O–H groups in total. The van der Waals surface area contributed by atoms with Crippen molar-refractivity contribution in [3.63, 3.8) is 0 Å². The number of aromatic nitrogens is 2. The minimum absolute atomic E-state index is 1.06. The normalized spacial score (nSPS) is 18.6. The van der Waals surface area contributed by atoms with Gasteiger partial charge in [0.1, 0.15) is 5.82 Å². The first kappa shape index (κ1) is 9.68. The maximum Gasteiger partial charge on any atom is 0.105 e. The van der Waals surface area contributed by atoms with Crippen molar-refractivity contribution in [3.05, 3.63) is 18.2 Å². The molecule has 1 aliphatic rings. The lowest BCUT2D eigenvalue weighted by molar-refractivity contribution is 0.232. The molecule has 2 rings (SSSR count). The smallest absolute Gasteiger partial charge is 0.105 e. The third-order valence-electron chi connectivity index (χ3n) is 2.79. The first-order valence-electron chi connectivity index (χ1n) is 5.27. The average Bonchev–Trinajstić information content (AvgIpc) is 2.63. The van der Waals surface area contributed by atoms with Crippen LogP contribution < -0.4 is 5.32 Å². The fourth-order valence-electron chi connectivity index (χ4n) is 1.82. The summed E-state index contributed by atoms with van der Waals surface area (Å²) in [6.07, 6.45) is 3.92. The molecule has 0 atom stereocenters. The Morgan fingerprint density at radius 2 is 2.14 bits per heavy atom. The Bertz CT molecular complexity index is 275. The lowest BCUT2D eigenvalue weighted by Crippen LogP contribution is -2.44. The highest BCUT2D eigenvalue weighted by atomic mass is 15.2. The van der Waals surface area contributed by atoms with Crippen molar-refractivity contribution in [2.45, 2.75) is 13.5 Å². The highest BCUT2D eigenvalue weighted by Gasteiger charge is 2.08. The molecule has 0 aromatic carbocycles. The molecular weight excluding hydrogens is 176 g/mol. The molecule has 0 unspecified atom stereocenters. The third-order valence-corrected chi connectivity index (χ3v) is 2.79. The van der Waals surface area contributed by atoms with E-state index in [1.807, 2.05) is 6.20 Å². The van der Waals surface area contributed by atoms with Crippen LogP contribution in [0.3, 0.4) is 0 Å². The second kappa shape index (κ2) is 4.57. The highest BCUT2D eigenvalue weighted by molar-refractivity contribution is 4.88. The van der Waals surface area contributed by atoms with Gasteiger partial charge in [-0.15, -0.1) is 0 Å². The molecule has 1 aliphatic heterocycles. The maximum absolute atomic E-state index is 4.21. The van der Waals surface area contributed by atoms with E-state index in [4.69, 9.17) is 0 Å². The zero-order valence-electron chi connectivity index (χ0n) is 8.74. The number of nitrogens with zero attached hydrogens (tertiary/aromatic N) is 3. The van der Waals surface area contributed by atoms with E-state index in [1.165, 1.54) is 13.1 Å². The number of hydrogen-bond acceptors (Lipinski definition) is 3. The van der Waals surface area contributed by atoms with Crippen LogP contribution in [0.1, 0.15) is 5.82 Å². The van der Waals surface area contributed by atoms with Gasteiger partial charge in [0, 0.05) is 51.7 Å². The summed E-state index contributed by atoms with van der Waals surface area (Å²) in [5.74, 6) is 1.11. The summed E-state index contributed by atoms with van der Waals surface area (Å²) in [6, 6.07) is 0. The van der Waals surface area contributed by atoms with Gasteiger partial charge in [0.15, 0.2) is 0 Å². The summed E-state index contributed by atoms with van der Waals surface area (Å²) in [7, 11) is 0. The molecule has 1 aromatic heterocycles. The molecule has 1 fully saturated rings. The van der Waals surface area contributed by atoms with Gasteiger partial charge in [-0.25, -0.2) is 4.98 Å². The highest BCUT2D eigenvalue weighted by Crippen LogP contribution is 1.98. The molecular formula is C10H18N4. The molecule has 1 saturated heterocycles. The van der Waals surface area contributed by atoms with E-state index in [0.717, 1.165) is 32.0 Å². The monoisotopic (exact) mass is 194 g/mol. The van der Waals surface area contributed by atoms with E-state index in [1.54, 1.807) is 0 Å². The SMILES string of the molecule is Cc1nccn1CCN1CCNCC1. The van der Waals surface area contributed by atoms with Crippen molar-refractivity contribution in [3.8, 4) is 0 Å². The summed E-state index contributed by atoms with van der Waals surface area (Å²) in [4.78, 5) is 6.71. The number of rotatable bonds is 3. The first-order valence-corrected chi connectivity index (χ1v) is 5.27. The van der Waals surface area contributed by atoms with Gasteiger partial charge in [0.25, 0.3) is 0 Å². The third kappa shape index (κ3) is 2.33. The lowest BCUT2D eigenvalue weighted by Gasteiger charge is -2.27. The summed E-state index contributed by atoms with van der Waals surface area (Å²) in [5.41, 5.74) is 0. The summed E-state index contributed by atoms with van der Waals surface area (Å²) in [5, 5.41) is 3.36. The summed E-state index contributed by atoms with van der Waals surface area (Å²) in [6.45, 7) is 8.86. The standard InChI is InChI=1S/C10H18N4/c1-10-12-4-7-14(10)9-8-13-5-2-11-3-6-13/h4,7,11H,2-3,5-6,8-9H2,1H3. The van der Waals surface area contributed by atoms with Crippen molar-refractivity contribution >= 4 is 0 Å². The van der Waals surface area contributed by atoms with Crippen LogP contribution in [0, 0.1) is 6.92 Å². The van der Waals surface area contributed by atoms with Crippen LogP contribution >= 0.6 is 0 Å². The maximum atomic E-state index is 4.21. The first-order chi connectivity index (χ1) is 6.86. The van der Waals surface area contributed by atoms with Gasteiger partial charge in [-0.1, -0.05) is 0 Å². The van der Waals surface area contributed by atoms with Crippen molar-refractivity contribution in [2.75, 3.05) is 32.7 Å². The van der Waals surface area contributed by atoms with E-state index in [0.29, 0.717) is 0 Å². The minimum atomic E-state index is 1.06. The lowest BCUT2D eigenvalue weighted by atomic mass is 10.3. The molecule has 4 nitrogen and oxygen atoms in total. The molecule has 4 heteroatoms. The van der Waals surface area contributed by atoms with Gasteiger partial charge in [-0.05, 0) is 6.92 Å². The van der Waals surface area contributed by atoms with E-state index in [2.05, 4.69) is 32.9 Å². The molecule has 0 radical (unpaired) electrons. The van der Waals surface area contributed by atoms with Crippen molar-refractivity contribution < 1.29 is 0 Å². The number of aryl methyl sites for hydroxylation is 1. The molecule has 78 valence electrons. The van der Waals surface area contributed by atoms with Crippen LogP contribution in [-0.2, 0) is 6.54 Å². The quantitative estimate of drug-likeness (QED) is 0.740. The number of hydrogen-bond donors (Lipinski definition) is 1. The Hall–Kier alpha value is -0.870. The van der Waals surface area contributed by atoms with E-state index in [9.17, 15) is 0 Å². The molecule has 2 heterocycles. The van der Waals surface area contributed by atoms with Crippen molar-refractivity contribution in [1.29, 1.82) is 0 Å². The van der Waals surface area contributed by atoms with Crippen molar-refractivity contribution in [2.24, 2.45) is 0 Å². The van der Waals surface area contributed by atoms with Gasteiger partial charge in [-0.2, -0.15) is 0 Å². The fourth-order valence-corrected chi connectivity index (χ4v) is 1.82. The number of imidazole rings is 1. The van der Waals surface area contributed by atoms with Crippen molar-refractivity contribution in [1.82, 2.24) is 19.8 Å². The van der Waals surface area contributed by atoms with Crippen LogP contribution in [0.2, 0.25) is 0 Å². The molecule has 0 aliphatic carbocycles. The fraction of sp³-hybridized carbons (Fsp3) is 0.700. The predicted octanol–water partition coefficient (Wildman–Crippen LogP) is 0.0967. The van der Waals surface area contributed by atoms with E-state index >= 15 is 0 Å². The zero-order chi connectivity index (χ0) is 9.80. The Labute approximate surface area is 84.9 Å². The molecule has 0 amide bonds. The van der Waals surface area contributed by atoms with Crippen LogP contribution in [0.5, 0.6) is 0 Å². The van der Waals surface area contributed by atoms with Gasteiger partial charge in [-0.3, -0.25) is 4.90 Å². The minimum Gasteiger partial charge on any atom is -0.334 e. The van der Waals surface area contributed by atoms with E-state index in [-0.39, 0.29) is 0 Å². The Morgan fingerprint density at radius 3 is 2.79 bits per heavy atom. The van der Waals surface area contributed by atoms with Gasteiger partial charge in [0.2, 0.25) is 0 Å². The van der Waals surface area contributed by atoms with Crippen LogP contribution in [0.15, 0.2) is 12.4 Å². The zero-order valence-corrected chi connectivity index (χ0v) is 8.74. The number of nitrogens with one attached hydrogen (secondary N) is 1. The van der Waals surface area contributed by atoms with Crippen LogP contribution in [-0.4, -0.2) is 47.2 Å². The van der Waals surface area contributed by atoms with Gasteiger partial charge in [0.05, 0.1) is 0 Å². The van der Waals surface area contributed by atoms with Gasteiger partial charge >= 0.3 is 0 Å².